The Hall–Kier alpha value is 1.52. The molecule has 0 saturated carbocycles. The minimum Gasteiger partial charge on any atom is -1.00 e. The summed E-state index contributed by atoms with van der Waals surface area (Å²) in [7, 11) is 0. The summed E-state index contributed by atoms with van der Waals surface area (Å²) in [5, 5.41) is 8.41. The molecule has 0 aliphatic carbocycles. The summed E-state index contributed by atoms with van der Waals surface area (Å²) in [5.74, 6) is -0.659. The van der Waals surface area contributed by atoms with Crippen LogP contribution in [-0.4, -0.2) is 11.1 Å². The van der Waals surface area contributed by atoms with Gasteiger partial charge in [0.2, 0.25) is 0 Å². The van der Waals surface area contributed by atoms with E-state index >= 15 is 0 Å². The fraction of sp³-hybridized carbons (Fsp3) is 0.917. The van der Waals surface area contributed by atoms with Crippen molar-refractivity contribution in [1.29, 1.82) is 0 Å². The summed E-state index contributed by atoms with van der Waals surface area (Å²) >= 11 is 0. The van der Waals surface area contributed by atoms with Crippen LogP contribution in [0.5, 0.6) is 0 Å². The molecule has 15 heavy (non-hydrogen) atoms. The second-order valence-corrected chi connectivity index (χ2v) is 3.97. The Morgan fingerprint density at radius 1 is 0.933 bits per heavy atom. The third kappa shape index (κ3) is 18.1. The van der Waals surface area contributed by atoms with Crippen LogP contribution in [0.25, 0.3) is 0 Å². The fourth-order valence-corrected chi connectivity index (χ4v) is 1.59. The molecule has 3 heteroatoms. The number of unbranched alkanes of at least 4 members (excludes halogenated alkanes) is 8. The minimum absolute atomic E-state index is 0. The van der Waals surface area contributed by atoms with Crippen molar-refractivity contribution in [1.82, 2.24) is 0 Å². The van der Waals surface area contributed by atoms with E-state index in [0.717, 1.165) is 12.8 Å². The first kappa shape index (κ1) is 18.9. The van der Waals surface area contributed by atoms with Crippen LogP contribution in [0.3, 0.4) is 0 Å². The van der Waals surface area contributed by atoms with Crippen molar-refractivity contribution in [2.45, 2.75) is 71.1 Å². The molecule has 1 N–H and O–H groups in total. The molecule has 0 fully saturated rings. The number of carbonyl (C=O) groups is 1. The van der Waals surface area contributed by atoms with Crippen molar-refractivity contribution in [3.05, 3.63) is 0 Å². The molecule has 0 saturated heterocycles. The van der Waals surface area contributed by atoms with Crippen LogP contribution < -0.4 is 68.9 Å². The Balaban J connectivity index is -0.000000845. The van der Waals surface area contributed by atoms with Crippen LogP contribution in [0, 0.1) is 0 Å². The summed E-state index contributed by atoms with van der Waals surface area (Å²) in [6, 6.07) is 0. The average molecular weight is 334 g/mol. The second kappa shape index (κ2) is 15.5. The Morgan fingerprint density at radius 2 is 1.33 bits per heavy atom. The summed E-state index contributed by atoms with van der Waals surface area (Å²) in [6.45, 7) is 2.23. The van der Waals surface area contributed by atoms with Crippen molar-refractivity contribution in [3.8, 4) is 0 Å². The topological polar surface area (TPSA) is 37.3 Å². The molecule has 0 aromatic carbocycles. The van der Waals surface area contributed by atoms with Gasteiger partial charge in [-0.3, -0.25) is 4.79 Å². The molecular weight excluding hydrogens is 309 g/mol. The summed E-state index contributed by atoms with van der Waals surface area (Å²) < 4.78 is 0. The predicted octanol–water partition coefficient (Wildman–Crippen LogP) is 1.11. The minimum atomic E-state index is -0.659. The Morgan fingerprint density at radius 3 is 1.73 bits per heavy atom. The van der Waals surface area contributed by atoms with Gasteiger partial charge in [-0.15, -0.1) is 0 Å². The van der Waals surface area contributed by atoms with Crippen LogP contribution in [0.4, 0.5) is 0 Å². The SMILES string of the molecule is CCCCCCCCCCCC(=O)O.[Cs+].[H-]. The second-order valence-electron chi connectivity index (χ2n) is 3.97. The average Bonchev–Trinajstić information content (AvgIpc) is 2.15. The van der Waals surface area contributed by atoms with E-state index in [1.54, 1.807) is 0 Å². The van der Waals surface area contributed by atoms with Gasteiger partial charge < -0.3 is 6.53 Å². The molecule has 0 bridgehead atoms. The monoisotopic (exact) mass is 334 g/mol. The first-order chi connectivity index (χ1) is 6.77. The van der Waals surface area contributed by atoms with Gasteiger partial charge >= 0.3 is 74.9 Å². The van der Waals surface area contributed by atoms with Gasteiger partial charge in [0.25, 0.3) is 0 Å². The standard InChI is InChI=1S/C12H24O2.Cs.H/c1-2-3-4-5-6-7-8-9-10-11-12(13)14;;/h2-11H2,1H3,(H,13,14);;/q;+1;-1. The molecule has 86 valence electrons. The van der Waals surface area contributed by atoms with E-state index in [0.29, 0.717) is 6.42 Å². The molecule has 0 aromatic heterocycles. The first-order valence-corrected chi connectivity index (χ1v) is 5.99. The Bertz CT molecular complexity index is 143. The molecule has 0 heterocycles. The summed E-state index contributed by atoms with van der Waals surface area (Å²) in [6.07, 6.45) is 11.5. The first-order valence-electron chi connectivity index (χ1n) is 5.99. The summed E-state index contributed by atoms with van der Waals surface area (Å²) in [4.78, 5) is 10.2. The smallest absolute Gasteiger partial charge is 1.00 e. The van der Waals surface area contributed by atoms with Gasteiger partial charge in [0.1, 0.15) is 0 Å². The molecule has 0 amide bonds. The zero-order valence-corrected chi connectivity index (χ0v) is 16.7. The molecule has 0 unspecified atom stereocenters. The maximum atomic E-state index is 10.2. The van der Waals surface area contributed by atoms with Crippen molar-refractivity contribution >= 4 is 5.97 Å². The largest absolute Gasteiger partial charge is 1.00 e. The van der Waals surface area contributed by atoms with Crippen LogP contribution in [0.1, 0.15) is 72.6 Å². The van der Waals surface area contributed by atoms with Crippen molar-refractivity contribution < 1.29 is 80.2 Å². The van der Waals surface area contributed by atoms with Gasteiger partial charge in [-0.05, 0) is 6.42 Å². The number of carboxylic acid groups (broad SMARTS) is 1. The molecule has 0 aliphatic heterocycles. The van der Waals surface area contributed by atoms with E-state index in [1.165, 1.54) is 44.9 Å². The van der Waals surface area contributed by atoms with Crippen LogP contribution >= 0.6 is 0 Å². The Labute approximate surface area is 154 Å². The third-order valence-corrected chi connectivity index (χ3v) is 2.49. The molecule has 0 aromatic rings. The van der Waals surface area contributed by atoms with Gasteiger partial charge in [-0.25, -0.2) is 0 Å². The quantitative estimate of drug-likeness (QED) is 0.608. The van der Waals surface area contributed by atoms with Crippen LogP contribution in [0.15, 0.2) is 0 Å². The van der Waals surface area contributed by atoms with Crippen LogP contribution in [-0.2, 0) is 4.79 Å². The Kier molecular flexibility index (Phi) is 19.5. The number of rotatable bonds is 10. The molecule has 0 atom stereocenters. The number of aliphatic carboxylic acids is 1. The van der Waals surface area contributed by atoms with E-state index < -0.39 is 5.97 Å². The van der Waals surface area contributed by atoms with Crippen molar-refractivity contribution in [3.63, 3.8) is 0 Å². The molecule has 0 aliphatic rings. The normalized spacial score (nSPS) is 9.67. The fourth-order valence-electron chi connectivity index (χ4n) is 1.59. The molecule has 2 nitrogen and oxygen atoms in total. The predicted molar refractivity (Wildman–Crippen MR) is 60.6 cm³/mol. The maximum Gasteiger partial charge on any atom is 1.00 e. The number of hydrogen-bond donors (Lipinski definition) is 1. The summed E-state index contributed by atoms with van der Waals surface area (Å²) in [5.41, 5.74) is 0. The number of hydrogen-bond acceptors (Lipinski definition) is 1. The van der Waals surface area contributed by atoms with Crippen LogP contribution in [0.2, 0.25) is 0 Å². The number of carboxylic acids is 1. The van der Waals surface area contributed by atoms with E-state index in [4.69, 9.17) is 5.11 Å². The van der Waals surface area contributed by atoms with Crippen molar-refractivity contribution in [2.24, 2.45) is 0 Å². The van der Waals surface area contributed by atoms with Gasteiger partial charge in [-0.2, -0.15) is 0 Å². The van der Waals surface area contributed by atoms with Gasteiger partial charge in [0.15, 0.2) is 0 Å². The molecule has 0 spiro atoms. The van der Waals surface area contributed by atoms with Crippen molar-refractivity contribution in [2.75, 3.05) is 0 Å². The van der Waals surface area contributed by atoms with Gasteiger partial charge in [0, 0.05) is 6.42 Å². The van der Waals surface area contributed by atoms with Gasteiger partial charge in [-0.1, -0.05) is 58.3 Å². The van der Waals surface area contributed by atoms with E-state index in [9.17, 15) is 4.79 Å². The zero-order valence-electron chi connectivity index (χ0n) is 11.4. The van der Waals surface area contributed by atoms with E-state index in [1.807, 2.05) is 0 Å². The molecule has 0 radical (unpaired) electrons. The van der Waals surface area contributed by atoms with E-state index in [-0.39, 0.29) is 70.3 Å². The zero-order chi connectivity index (χ0) is 10.6. The molecular formula is C12H25CsO2. The van der Waals surface area contributed by atoms with E-state index in [2.05, 4.69) is 6.92 Å². The maximum absolute atomic E-state index is 10.2. The van der Waals surface area contributed by atoms with Gasteiger partial charge in [0.05, 0.1) is 0 Å². The molecule has 0 rings (SSSR count). The third-order valence-electron chi connectivity index (χ3n) is 2.49.